The maximum atomic E-state index is 11.9. The maximum Gasteiger partial charge on any atom is 0.573 e. The number of nitrogens with two attached hydrogens (primary N) is 1. The van der Waals surface area contributed by atoms with Gasteiger partial charge in [0.25, 0.3) is 10.0 Å². The molecule has 0 spiro atoms. The fourth-order valence-corrected chi connectivity index (χ4v) is 1.51. The lowest BCUT2D eigenvalue weighted by atomic mass is 10.4. The Morgan fingerprint density at radius 2 is 2.00 bits per heavy atom. The summed E-state index contributed by atoms with van der Waals surface area (Å²) in [6, 6.07) is 2.98. The Morgan fingerprint density at radius 1 is 1.41 bits per heavy atom. The van der Waals surface area contributed by atoms with Crippen molar-refractivity contribution in [2.75, 3.05) is 0 Å². The third-order valence-corrected chi connectivity index (χ3v) is 2.27. The summed E-state index contributed by atoms with van der Waals surface area (Å²) in [7, 11) is -4.53. The number of aromatic nitrogens is 1. The third-order valence-electron chi connectivity index (χ3n) is 1.44. The van der Waals surface area contributed by atoms with Gasteiger partial charge >= 0.3 is 6.36 Å². The van der Waals surface area contributed by atoms with Gasteiger partial charge in [0.15, 0.2) is 5.75 Å². The van der Waals surface area contributed by atoms with E-state index in [2.05, 4.69) is 14.9 Å². The van der Waals surface area contributed by atoms with Gasteiger partial charge in [-0.15, -0.1) is 13.2 Å². The van der Waals surface area contributed by atoms with Crippen LogP contribution >= 0.6 is 0 Å². The zero-order valence-corrected chi connectivity index (χ0v) is 8.71. The van der Waals surface area contributed by atoms with Crippen molar-refractivity contribution in [3.8, 4) is 11.8 Å². The molecule has 6 nitrogen and oxygen atoms in total. The summed E-state index contributed by atoms with van der Waals surface area (Å²) >= 11 is 0. The lowest BCUT2D eigenvalue weighted by molar-refractivity contribution is -0.275. The van der Waals surface area contributed by atoms with Gasteiger partial charge in [0.1, 0.15) is 11.8 Å². The second-order valence-electron chi connectivity index (χ2n) is 2.70. The zero-order valence-electron chi connectivity index (χ0n) is 7.89. The minimum Gasteiger partial charge on any atom is -0.403 e. The van der Waals surface area contributed by atoms with E-state index in [4.69, 9.17) is 5.26 Å². The third kappa shape index (κ3) is 3.58. The summed E-state index contributed by atoms with van der Waals surface area (Å²) in [6.07, 6.45) is -5.09. The fraction of sp³-hybridized carbons (Fsp3) is 0.143. The molecule has 0 saturated heterocycles. The van der Waals surface area contributed by atoms with Gasteiger partial charge in [-0.25, -0.2) is 18.5 Å². The van der Waals surface area contributed by atoms with Crippen molar-refractivity contribution in [3.63, 3.8) is 0 Å². The Balaban J connectivity index is 3.37. The predicted octanol–water partition coefficient (Wildman–Crippen LogP) is 0.499. The average molecular weight is 267 g/mol. The molecule has 1 heterocycles. The number of nitriles is 1. The minimum absolute atomic E-state index is 0.399. The molecule has 1 aromatic heterocycles. The molecule has 0 fully saturated rings. The number of sulfonamides is 1. The van der Waals surface area contributed by atoms with Crippen molar-refractivity contribution in [2.45, 2.75) is 11.4 Å². The number of pyridine rings is 1. The lowest BCUT2D eigenvalue weighted by Crippen LogP contribution is -2.22. The van der Waals surface area contributed by atoms with Gasteiger partial charge in [-0.3, -0.25) is 0 Å². The van der Waals surface area contributed by atoms with E-state index < -0.39 is 32.9 Å². The molecule has 0 unspecified atom stereocenters. The predicted molar refractivity (Wildman–Crippen MR) is 47.0 cm³/mol. The SMILES string of the molecule is N#Cc1ccc(OC(F)(F)F)c(S(N)(=O)=O)n1. The van der Waals surface area contributed by atoms with Crippen LogP contribution in [0.2, 0.25) is 0 Å². The van der Waals surface area contributed by atoms with Crippen LogP contribution in [0.15, 0.2) is 17.2 Å². The second kappa shape index (κ2) is 4.19. The highest BCUT2D eigenvalue weighted by molar-refractivity contribution is 7.89. The van der Waals surface area contributed by atoms with E-state index in [-0.39, 0.29) is 0 Å². The quantitative estimate of drug-likeness (QED) is 0.839. The van der Waals surface area contributed by atoms with E-state index in [9.17, 15) is 21.6 Å². The first kappa shape index (κ1) is 13.2. The van der Waals surface area contributed by atoms with Crippen molar-refractivity contribution in [1.82, 2.24) is 4.98 Å². The number of rotatable bonds is 2. The van der Waals surface area contributed by atoms with Crippen LogP contribution in [-0.2, 0) is 10.0 Å². The van der Waals surface area contributed by atoms with E-state index in [1.165, 1.54) is 6.07 Å². The number of hydrogen-bond donors (Lipinski definition) is 1. The smallest absolute Gasteiger partial charge is 0.403 e. The van der Waals surface area contributed by atoms with Crippen molar-refractivity contribution in [3.05, 3.63) is 17.8 Å². The molecular weight excluding hydrogens is 263 g/mol. The summed E-state index contributed by atoms with van der Waals surface area (Å²) in [6.45, 7) is 0. The van der Waals surface area contributed by atoms with Crippen LogP contribution in [0.25, 0.3) is 0 Å². The zero-order chi connectivity index (χ0) is 13.3. The number of nitrogens with zero attached hydrogens (tertiary/aromatic N) is 2. The van der Waals surface area contributed by atoms with Crippen LogP contribution in [0.4, 0.5) is 13.2 Å². The molecule has 0 bridgehead atoms. The lowest BCUT2D eigenvalue weighted by Gasteiger charge is -2.11. The highest BCUT2D eigenvalue weighted by Gasteiger charge is 2.34. The topological polar surface area (TPSA) is 106 Å². The molecule has 0 amide bonds. The van der Waals surface area contributed by atoms with Crippen molar-refractivity contribution in [1.29, 1.82) is 5.26 Å². The van der Waals surface area contributed by atoms with E-state index in [1.807, 2.05) is 0 Å². The van der Waals surface area contributed by atoms with Crippen molar-refractivity contribution in [2.24, 2.45) is 5.14 Å². The molecule has 1 rings (SSSR count). The van der Waals surface area contributed by atoms with Crippen LogP contribution in [0.5, 0.6) is 5.75 Å². The highest BCUT2D eigenvalue weighted by Crippen LogP contribution is 2.27. The van der Waals surface area contributed by atoms with E-state index in [0.717, 1.165) is 6.07 Å². The van der Waals surface area contributed by atoms with E-state index >= 15 is 0 Å². The number of alkyl halides is 3. The highest BCUT2D eigenvalue weighted by atomic mass is 32.2. The summed E-state index contributed by atoms with van der Waals surface area (Å²) < 4.78 is 61.2. The molecule has 92 valence electrons. The van der Waals surface area contributed by atoms with Crippen LogP contribution in [-0.4, -0.2) is 19.8 Å². The van der Waals surface area contributed by atoms with E-state index in [0.29, 0.717) is 6.07 Å². The number of ether oxygens (including phenoxy) is 1. The van der Waals surface area contributed by atoms with Crippen LogP contribution in [0.3, 0.4) is 0 Å². The molecule has 0 atom stereocenters. The van der Waals surface area contributed by atoms with Gasteiger partial charge in [0, 0.05) is 0 Å². The normalized spacial score (nSPS) is 11.9. The Bertz CT molecular complexity index is 576. The molecule has 17 heavy (non-hydrogen) atoms. The van der Waals surface area contributed by atoms with Gasteiger partial charge in [-0.1, -0.05) is 0 Å². The number of hydrogen-bond acceptors (Lipinski definition) is 5. The van der Waals surface area contributed by atoms with Crippen LogP contribution in [0, 0.1) is 11.3 Å². The molecule has 0 aliphatic carbocycles. The van der Waals surface area contributed by atoms with Gasteiger partial charge < -0.3 is 4.74 Å². The Kier molecular flexibility index (Phi) is 3.25. The van der Waals surface area contributed by atoms with E-state index in [1.54, 1.807) is 0 Å². The molecule has 0 radical (unpaired) electrons. The molecule has 1 aromatic rings. The molecule has 0 aromatic carbocycles. The van der Waals surface area contributed by atoms with Crippen LogP contribution in [0.1, 0.15) is 5.69 Å². The Labute approximate surface area is 93.5 Å². The molecular formula is C7H4F3N3O3S. The summed E-state index contributed by atoms with van der Waals surface area (Å²) in [5.74, 6) is -1.08. The maximum absolute atomic E-state index is 11.9. The average Bonchev–Trinajstić information content (AvgIpc) is 2.14. The minimum atomic E-state index is -5.09. The summed E-state index contributed by atoms with van der Waals surface area (Å²) in [4.78, 5) is 3.15. The first-order chi connectivity index (χ1) is 7.63. The monoisotopic (exact) mass is 267 g/mol. The molecule has 2 N–H and O–H groups in total. The standard InChI is InChI=1S/C7H4F3N3O3S/c8-7(9,10)16-5-2-1-4(3-11)13-6(5)17(12,14)15/h1-2H,(H2,12,14,15). The van der Waals surface area contributed by atoms with Gasteiger partial charge in [-0.05, 0) is 12.1 Å². The second-order valence-corrected chi connectivity index (χ2v) is 4.18. The van der Waals surface area contributed by atoms with Gasteiger partial charge in [0.05, 0.1) is 0 Å². The fourth-order valence-electron chi connectivity index (χ4n) is 0.896. The van der Waals surface area contributed by atoms with Gasteiger partial charge in [-0.2, -0.15) is 5.26 Å². The Morgan fingerprint density at radius 3 is 2.41 bits per heavy atom. The van der Waals surface area contributed by atoms with Crippen molar-refractivity contribution < 1.29 is 26.3 Å². The van der Waals surface area contributed by atoms with Crippen molar-refractivity contribution >= 4 is 10.0 Å². The largest absolute Gasteiger partial charge is 0.573 e. The van der Waals surface area contributed by atoms with Gasteiger partial charge in [0.2, 0.25) is 5.03 Å². The molecule has 0 saturated carbocycles. The molecule has 0 aliphatic heterocycles. The Hall–Kier alpha value is -1.86. The summed E-state index contributed by atoms with van der Waals surface area (Å²) in [5, 5.41) is 11.9. The van der Waals surface area contributed by atoms with Crippen LogP contribution < -0.4 is 9.88 Å². The molecule has 10 heteroatoms. The summed E-state index contributed by atoms with van der Waals surface area (Å²) in [5.41, 5.74) is -0.399. The first-order valence-corrected chi connectivity index (χ1v) is 5.38. The number of halogens is 3. The first-order valence-electron chi connectivity index (χ1n) is 3.83. The molecule has 0 aliphatic rings. The number of primary sulfonamides is 1.